The quantitative estimate of drug-likeness (QED) is 0.280. The van der Waals surface area contributed by atoms with E-state index in [0.717, 1.165) is 36.9 Å². The highest BCUT2D eigenvalue weighted by molar-refractivity contribution is 6.05. The Labute approximate surface area is 220 Å². The van der Waals surface area contributed by atoms with Gasteiger partial charge in [0.25, 0.3) is 5.91 Å². The molecule has 8 heteroatoms. The van der Waals surface area contributed by atoms with Crippen molar-refractivity contribution in [3.8, 4) is 17.0 Å². The van der Waals surface area contributed by atoms with E-state index in [-0.39, 0.29) is 29.9 Å². The van der Waals surface area contributed by atoms with Gasteiger partial charge in [-0.05, 0) is 55.7 Å². The SMILES string of the molecule is Cc1ccccc1C(=O)Nc1ccc(-c2cc(C3CCCC3)n(C(=O)NCc3ccccc3F)n2)c(O)c1. The van der Waals surface area contributed by atoms with Crippen molar-refractivity contribution in [3.63, 3.8) is 0 Å². The van der Waals surface area contributed by atoms with Crippen molar-refractivity contribution < 1.29 is 19.1 Å². The van der Waals surface area contributed by atoms with Gasteiger partial charge in [0.15, 0.2) is 0 Å². The van der Waals surface area contributed by atoms with Gasteiger partial charge >= 0.3 is 6.03 Å². The molecule has 38 heavy (non-hydrogen) atoms. The Bertz CT molecular complexity index is 1490. The van der Waals surface area contributed by atoms with Crippen molar-refractivity contribution in [2.45, 2.75) is 45.1 Å². The van der Waals surface area contributed by atoms with Gasteiger partial charge in [0.1, 0.15) is 11.6 Å². The Morgan fingerprint density at radius 1 is 1.03 bits per heavy atom. The summed E-state index contributed by atoms with van der Waals surface area (Å²) in [6, 6.07) is 19.8. The molecule has 0 saturated heterocycles. The van der Waals surface area contributed by atoms with E-state index < -0.39 is 6.03 Å². The van der Waals surface area contributed by atoms with E-state index in [1.165, 1.54) is 16.8 Å². The first-order valence-corrected chi connectivity index (χ1v) is 12.7. The first-order valence-electron chi connectivity index (χ1n) is 12.7. The maximum absolute atomic E-state index is 14.0. The van der Waals surface area contributed by atoms with E-state index in [1.54, 1.807) is 42.5 Å². The number of hydrogen-bond acceptors (Lipinski definition) is 4. The van der Waals surface area contributed by atoms with Gasteiger partial charge in [-0.2, -0.15) is 9.78 Å². The number of halogens is 1. The number of phenolic OH excluding ortho intramolecular Hbond substituents is 1. The minimum Gasteiger partial charge on any atom is -0.507 e. The third kappa shape index (κ3) is 5.29. The van der Waals surface area contributed by atoms with Gasteiger partial charge in [-0.15, -0.1) is 0 Å². The lowest BCUT2D eigenvalue weighted by Gasteiger charge is -2.12. The molecule has 0 bridgehead atoms. The third-order valence-electron chi connectivity index (χ3n) is 7.01. The molecule has 3 aromatic carbocycles. The highest BCUT2D eigenvalue weighted by Crippen LogP contribution is 2.38. The van der Waals surface area contributed by atoms with Crippen molar-refractivity contribution in [2.24, 2.45) is 0 Å². The summed E-state index contributed by atoms with van der Waals surface area (Å²) >= 11 is 0. The van der Waals surface area contributed by atoms with E-state index in [0.29, 0.717) is 28.1 Å². The molecule has 194 valence electrons. The van der Waals surface area contributed by atoms with Crippen molar-refractivity contribution >= 4 is 17.6 Å². The molecule has 1 aliphatic rings. The molecule has 4 aromatic rings. The number of anilines is 1. The Morgan fingerprint density at radius 3 is 2.50 bits per heavy atom. The van der Waals surface area contributed by atoms with E-state index in [1.807, 2.05) is 25.1 Å². The van der Waals surface area contributed by atoms with Crippen LogP contribution in [0.15, 0.2) is 72.8 Å². The van der Waals surface area contributed by atoms with Crippen LogP contribution in [-0.4, -0.2) is 26.8 Å². The van der Waals surface area contributed by atoms with E-state index in [4.69, 9.17) is 0 Å². The number of amides is 2. The lowest BCUT2D eigenvalue weighted by atomic mass is 10.0. The number of carbonyl (C=O) groups excluding carboxylic acids is 2. The second-order valence-corrected chi connectivity index (χ2v) is 9.60. The minimum atomic E-state index is -0.456. The van der Waals surface area contributed by atoms with Crippen molar-refractivity contribution in [1.29, 1.82) is 0 Å². The lowest BCUT2D eigenvalue weighted by Crippen LogP contribution is -2.31. The Kier molecular flexibility index (Phi) is 7.22. The molecule has 0 aliphatic heterocycles. The van der Waals surface area contributed by atoms with Crippen molar-refractivity contribution in [3.05, 3.63) is 101 Å². The summed E-state index contributed by atoms with van der Waals surface area (Å²) < 4.78 is 15.4. The third-order valence-corrected chi connectivity index (χ3v) is 7.01. The van der Waals surface area contributed by atoms with Gasteiger partial charge in [0.2, 0.25) is 0 Å². The molecular formula is C30H29FN4O3. The Balaban J connectivity index is 1.39. The summed E-state index contributed by atoms with van der Waals surface area (Å²) in [5, 5.41) is 20.9. The minimum absolute atomic E-state index is 0.0331. The number of hydrogen-bond donors (Lipinski definition) is 3. The zero-order valence-corrected chi connectivity index (χ0v) is 21.1. The fourth-order valence-electron chi connectivity index (χ4n) is 4.94. The molecule has 7 nitrogen and oxygen atoms in total. The number of aromatic nitrogens is 2. The molecule has 2 amide bonds. The van der Waals surface area contributed by atoms with E-state index in [9.17, 15) is 19.1 Å². The molecule has 1 saturated carbocycles. The van der Waals surface area contributed by atoms with Crippen LogP contribution in [-0.2, 0) is 6.54 Å². The van der Waals surface area contributed by atoms with Crippen LogP contribution in [0, 0.1) is 12.7 Å². The van der Waals surface area contributed by atoms with Gasteiger partial charge in [-0.3, -0.25) is 4.79 Å². The van der Waals surface area contributed by atoms with Crippen LogP contribution >= 0.6 is 0 Å². The number of nitrogens with one attached hydrogen (secondary N) is 2. The van der Waals surface area contributed by atoms with Gasteiger partial charge in [0, 0.05) is 40.9 Å². The molecular weight excluding hydrogens is 483 g/mol. The Hall–Kier alpha value is -4.46. The molecule has 0 radical (unpaired) electrons. The predicted octanol–water partition coefficient (Wildman–Crippen LogP) is 6.37. The summed E-state index contributed by atoms with van der Waals surface area (Å²) in [6.07, 6.45) is 4.04. The molecule has 1 aliphatic carbocycles. The molecule has 1 fully saturated rings. The Morgan fingerprint density at radius 2 is 1.76 bits per heavy atom. The fourth-order valence-corrected chi connectivity index (χ4v) is 4.94. The van der Waals surface area contributed by atoms with Gasteiger partial charge in [0.05, 0.1) is 11.4 Å². The average Bonchev–Trinajstić information content (AvgIpc) is 3.59. The van der Waals surface area contributed by atoms with Gasteiger partial charge < -0.3 is 15.7 Å². The maximum atomic E-state index is 14.0. The number of aryl methyl sites for hydroxylation is 1. The molecule has 1 aromatic heterocycles. The van der Waals surface area contributed by atoms with E-state index >= 15 is 0 Å². The normalized spacial score (nSPS) is 13.4. The van der Waals surface area contributed by atoms with Crippen LogP contribution in [0.1, 0.15) is 58.8 Å². The highest BCUT2D eigenvalue weighted by Gasteiger charge is 2.26. The van der Waals surface area contributed by atoms with Crippen molar-refractivity contribution in [1.82, 2.24) is 15.1 Å². The first kappa shape index (κ1) is 25.2. The molecule has 0 spiro atoms. The van der Waals surface area contributed by atoms with Crippen molar-refractivity contribution in [2.75, 3.05) is 5.32 Å². The number of nitrogens with zero attached hydrogens (tertiary/aromatic N) is 2. The van der Waals surface area contributed by atoms with Crippen LogP contribution in [0.4, 0.5) is 14.9 Å². The number of aromatic hydroxyl groups is 1. The highest BCUT2D eigenvalue weighted by atomic mass is 19.1. The molecule has 1 heterocycles. The van der Waals surface area contributed by atoms with Crippen LogP contribution < -0.4 is 10.6 Å². The molecule has 5 rings (SSSR count). The van der Waals surface area contributed by atoms with Crippen LogP contribution in [0.2, 0.25) is 0 Å². The molecule has 0 atom stereocenters. The smallest absolute Gasteiger partial charge is 0.342 e. The van der Waals surface area contributed by atoms with Crippen LogP contribution in [0.5, 0.6) is 5.75 Å². The van der Waals surface area contributed by atoms with Gasteiger partial charge in [-0.25, -0.2) is 9.18 Å². The second-order valence-electron chi connectivity index (χ2n) is 9.60. The number of carbonyl (C=O) groups is 2. The standard InChI is InChI=1S/C30H29FN4O3/c1-19-8-2-6-12-23(19)29(37)33-22-14-15-24(28(36)16-22)26-17-27(20-9-3-4-10-20)35(34-26)30(38)32-18-21-11-5-7-13-25(21)31/h2,5-8,11-17,20,36H,3-4,9-10,18H2,1H3,(H,32,38)(H,33,37). The van der Waals surface area contributed by atoms with Gasteiger partial charge in [-0.1, -0.05) is 49.2 Å². The zero-order chi connectivity index (χ0) is 26.6. The average molecular weight is 513 g/mol. The summed E-state index contributed by atoms with van der Waals surface area (Å²) in [7, 11) is 0. The molecule has 3 N–H and O–H groups in total. The topological polar surface area (TPSA) is 96.3 Å². The first-order chi connectivity index (χ1) is 18.4. The number of benzene rings is 3. The monoisotopic (exact) mass is 512 g/mol. The largest absolute Gasteiger partial charge is 0.507 e. The van der Waals surface area contributed by atoms with Crippen LogP contribution in [0.25, 0.3) is 11.3 Å². The van der Waals surface area contributed by atoms with E-state index in [2.05, 4.69) is 15.7 Å². The fraction of sp³-hybridized carbons (Fsp3) is 0.233. The summed E-state index contributed by atoms with van der Waals surface area (Å²) in [5.41, 5.74) is 3.89. The number of phenols is 1. The van der Waals surface area contributed by atoms with Crippen LogP contribution in [0.3, 0.4) is 0 Å². The summed E-state index contributed by atoms with van der Waals surface area (Å²) in [6.45, 7) is 1.89. The predicted molar refractivity (Wildman–Crippen MR) is 144 cm³/mol. The zero-order valence-electron chi connectivity index (χ0n) is 21.1. The lowest BCUT2D eigenvalue weighted by molar-refractivity contribution is 0.102. The number of rotatable bonds is 6. The maximum Gasteiger partial charge on any atom is 0.342 e. The summed E-state index contributed by atoms with van der Waals surface area (Å²) in [4.78, 5) is 25.8. The second kappa shape index (κ2) is 10.9. The molecule has 0 unspecified atom stereocenters. The summed E-state index contributed by atoms with van der Waals surface area (Å²) in [5.74, 6) is -0.550.